The first kappa shape index (κ1) is 16.6. The number of nitrogens with one attached hydrogen (secondary N) is 2. The molecule has 0 fully saturated rings. The molecule has 0 spiro atoms. The molecule has 0 saturated heterocycles. The Bertz CT molecular complexity index is 906. The van der Waals surface area contributed by atoms with Gasteiger partial charge in [0.15, 0.2) is 0 Å². The van der Waals surface area contributed by atoms with Crippen molar-refractivity contribution in [3.63, 3.8) is 0 Å². The highest BCUT2D eigenvalue weighted by Gasteiger charge is 2.17. The molecule has 2 aromatic heterocycles. The van der Waals surface area contributed by atoms with Crippen LogP contribution in [0.5, 0.6) is 0 Å². The Kier molecular flexibility index (Phi) is 4.69. The minimum atomic E-state index is -0.446. The average Bonchev–Trinajstić information content (AvgIpc) is 2.98. The molecule has 25 heavy (non-hydrogen) atoms. The molecule has 0 radical (unpaired) electrons. The maximum Gasteiger partial charge on any atom is 0.271 e. The van der Waals surface area contributed by atoms with Gasteiger partial charge in [0.2, 0.25) is 5.91 Å². The molecule has 8 nitrogen and oxygen atoms in total. The van der Waals surface area contributed by atoms with E-state index in [1.807, 2.05) is 42.8 Å². The first-order valence-corrected chi connectivity index (χ1v) is 7.81. The molecule has 2 heterocycles. The van der Waals surface area contributed by atoms with E-state index in [1.165, 1.54) is 18.6 Å². The SMILES string of the molecule is C[C@H](NC(=O)CNC(=O)c1cnccn1)c1nc2ccccc2n1C. The number of rotatable bonds is 5. The molecule has 2 N–H and O–H groups in total. The monoisotopic (exact) mass is 338 g/mol. The van der Waals surface area contributed by atoms with E-state index in [0.29, 0.717) is 0 Å². The Morgan fingerprint density at radius 3 is 2.76 bits per heavy atom. The van der Waals surface area contributed by atoms with Gasteiger partial charge in [-0.1, -0.05) is 12.1 Å². The Morgan fingerprint density at radius 2 is 2.04 bits per heavy atom. The summed E-state index contributed by atoms with van der Waals surface area (Å²) in [4.78, 5) is 36.2. The molecule has 3 rings (SSSR count). The number of hydrogen-bond acceptors (Lipinski definition) is 5. The molecule has 1 aromatic carbocycles. The molecule has 0 aliphatic rings. The van der Waals surface area contributed by atoms with Gasteiger partial charge < -0.3 is 15.2 Å². The Morgan fingerprint density at radius 1 is 1.24 bits per heavy atom. The molecular weight excluding hydrogens is 320 g/mol. The fraction of sp³-hybridized carbons (Fsp3) is 0.235. The van der Waals surface area contributed by atoms with Gasteiger partial charge in [-0.25, -0.2) is 9.97 Å². The van der Waals surface area contributed by atoms with Crippen LogP contribution in [0.2, 0.25) is 0 Å². The van der Waals surface area contributed by atoms with Gasteiger partial charge >= 0.3 is 0 Å². The van der Waals surface area contributed by atoms with Gasteiger partial charge in [-0.15, -0.1) is 0 Å². The van der Waals surface area contributed by atoms with Crippen LogP contribution in [0.25, 0.3) is 11.0 Å². The highest BCUT2D eigenvalue weighted by molar-refractivity contribution is 5.94. The van der Waals surface area contributed by atoms with Crippen molar-refractivity contribution < 1.29 is 9.59 Å². The van der Waals surface area contributed by atoms with Gasteiger partial charge in [-0.2, -0.15) is 0 Å². The molecule has 8 heteroatoms. The van der Waals surface area contributed by atoms with Gasteiger partial charge in [0, 0.05) is 19.4 Å². The fourth-order valence-corrected chi connectivity index (χ4v) is 2.58. The van der Waals surface area contributed by atoms with Gasteiger partial charge in [0.1, 0.15) is 11.5 Å². The van der Waals surface area contributed by atoms with Crippen molar-refractivity contribution in [2.24, 2.45) is 7.05 Å². The van der Waals surface area contributed by atoms with Crippen molar-refractivity contribution in [1.82, 2.24) is 30.2 Å². The standard InChI is InChI=1S/C17H18N6O2/c1-11(16-22-12-5-3-4-6-14(12)23(16)2)21-15(24)10-20-17(25)13-9-18-7-8-19-13/h3-9,11H,10H2,1-2H3,(H,20,25)(H,21,24)/t11-/m0/s1. The summed E-state index contributed by atoms with van der Waals surface area (Å²) in [6, 6.07) is 7.47. The van der Waals surface area contributed by atoms with Crippen LogP contribution < -0.4 is 10.6 Å². The third kappa shape index (κ3) is 3.63. The Balaban J connectivity index is 1.60. The van der Waals surface area contributed by atoms with Crippen LogP contribution in [-0.2, 0) is 11.8 Å². The lowest BCUT2D eigenvalue weighted by Gasteiger charge is -2.14. The predicted molar refractivity (Wildman–Crippen MR) is 91.6 cm³/mol. The van der Waals surface area contributed by atoms with Gasteiger partial charge in [-0.05, 0) is 19.1 Å². The van der Waals surface area contributed by atoms with E-state index in [4.69, 9.17) is 0 Å². The number of fused-ring (bicyclic) bond motifs is 1. The largest absolute Gasteiger partial charge is 0.345 e. The van der Waals surface area contributed by atoms with Crippen molar-refractivity contribution in [1.29, 1.82) is 0 Å². The summed E-state index contributed by atoms with van der Waals surface area (Å²) < 4.78 is 1.94. The fourth-order valence-electron chi connectivity index (χ4n) is 2.58. The van der Waals surface area contributed by atoms with E-state index in [1.54, 1.807) is 0 Å². The summed E-state index contributed by atoms with van der Waals surface area (Å²) in [5.74, 6) is -0.00904. The first-order valence-electron chi connectivity index (χ1n) is 7.81. The quantitative estimate of drug-likeness (QED) is 0.722. The maximum absolute atomic E-state index is 12.1. The van der Waals surface area contributed by atoms with Gasteiger partial charge in [0.05, 0.1) is 29.8 Å². The lowest BCUT2D eigenvalue weighted by atomic mass is 10.3. The number of benzene rings is 1. The van der Waals surface area contributed by atoms with Gasteiger partial charge in [0.25, 0.3) is 5.91 Å². The first-order chi connectivity index (χ1) is 12.1. The number of para-hydroxylation sites is 2. The summed E-state index contributed by atoms with van der Waals surface area (Å²) in [6.45, 7) is 1.70. The summed E-state index contributed by atoms with van der Waals surface area (Å²) in [5, 5.41) is 5.35. The molecule has 3 aromatic rings. The lowest BCUT2D eigenvalue weighted by Crippen LogP contribution is -2.38. The number of carbonyl (C=O) groups excluding carboxylic acids is 2. The molecule has 0 unspecified atom stereocenters. The summed E-state index contributed by atoms with van der Waals surface area (Å²) in [7, 11) is 1.91. The third-order valence-electron chi connectivity index (χ3n) is 3.79. The van der Waals surface area contributed by atoms with Crippen LogP contribution in [0.1, 0.15) is 29.3 Å². The zero-order valence-corrected chi connectivity index (χ0v) is 13.9. The highest BCUT2D eigenvalue weighted by Crippen LogP contribution is 2.18. The zero-order valence-electron chi connectivity index (χ0n) is 13.9. The number of imidazole rings is 1. The summed E-state index contributed by atoms with van der Waals surface area (Å²) in [6.07, 6.45) is 4.24. The second-order valence-corrected chi connectivity index (χ2v) is 5.58. The average molecular weight is 338 g/mol. The number of amides is 2. The molecular formula is C17H18N6O2. The van der Waals surface area contributed by atoms with Crippen LogP contribution in [0.4, 0.5) is 0 Å². The molecule has 1 atom stereocenters. The van der Waals surface area contributed by atoms with E-state index >= 15 is 0 Å². The number of carbonyl (C=O) groups is 2. The second kappa shape index (κ2) is 7.08. The highest BCUT2D eigenvalue weighted by atomic mass is 16.2. The minimum Gasteiger partial charge on any atom is -0.345 e. The van der Waals surface area contributed by atoms with Crippen molar-refractivity contribution in [2.45, 2.75) is 13.0 Å². The normalized spacial score (nSPS) is 11.9. The maximum atomic E-state index is 12.1. The smallest absolute Gasteiger partial charge is 0.271 e. The van der Waals surface area contributed by atoms with E-state index in [0.717, 1.165) is 16.9 Å². The molecule has 0 aliphatic heterocycles. The molecule has 0 bridgehead atoms. The summed E-state index contributed by atoms with van der Waals surface area (Å²) >= 11 is 0. The predicted octanol–water partition coefficient (Wildman–Crippen LogP) is 0.970. The van der Waals surface area contributed by atoms with Crippen molar-refractivity contribution in [3.05, 3.63) is 54.4 Å². The zero-order chi connectivity index (χ0) is 17.8. The third-order valence-corrected chi connectivity index (χ3v) is 3.79. The summed E-state index contributed by atoms with van der Waals surface area (Å²) in [5.41, 5.74) is 2.03. The van der Waals surface area contributed by atoms with E-state index in [-0.39, 0.29) is 24.2 Å². The van der Waals surface area contributed by atoms with E-state index < -0.39 is 5.91 Å². The second-order valence-electron chi connectivity index (χ2n) is 5.58. The van der Waals surface area contributed by atoms with E-state index in [2.05, 4.69) is 25.6 Å². The van der Waals surface area contributed by atoms with Crippen molar-refractivity contribution in [2.75, 3.05) is 6.54 Å². The molecule has 2 amide bonds. The van der Waals surface area contributed by atoms with Gasteiger partial charge in [-0.3, -0.25) is 14.6 Å². The number of hydrogen-bond donors (Lipinski definition) is 2. The van der Waals surface area contributed by atoms with Crippen LogP contribution in [-0.4, -0.2) is 37.9 Å². The Hall–Kier alpha value is -3.29. The van der Waals surface area contributed by atoms with Crippen molar-refractivity contribution >= 4 is 22.8 Å². The number of aromatic nitrogens is 4. The lowest BCUT2D eigenvalue weighted by molar-refractivity contribution is -0.120. The minimum absolute atomic E-state index is 0.149. The van der Waals surface area contributed by atoms with Crippen LogP contribution >= 0.6 is 0 Å². The topological polar surface area (TPSA) is 102 Å². The van der Waals surface area contributed by atoms with Crippen LogP contribution in [0, 0.1) is 0 Å². The Labute approximate surface area is 144 Å². The molecule has 0 aliphatic carbocycles. The van der Waals surface area contributed by atoms with Crippen LogP contribution in [0.3, 0.4) is 0 Å². The van der Waals surface area contributed by atoms with E-state index in [9.17, 15) is 9.59 Å². The molecule has 128 valence electrons. The molecule has 0 saturated carbocycles. The van der Waals surface area contributed by atoms with Crippen molar-refractivity contribution in [3.8, 4) is 0 Å². The number of nitrogens with zero attached hydrogens (tertiary/aromatic N) is 4. The number of aryl methyl sites for hydroxylation is 1. The van der Waals surface area contributed by atoms with Crippen LogP contribution in [0.15, 0.2) is 42.9 Å².